The molecule has 1 N–H and O–H groups in total. The Morgan fingerprint density at radius 3 is 2.68 bits per heavy atom. The fourth-order valence-corrected chi connectivity index (χ4v) is 1.69. The van der Waals surface area contributed by atoms with E-state index >= 15 is 0 Å². The summed E-state index contributed by atoms with van der Waals surface area (Å²) < 4.78 is 15.2. The molecule has 0 unspecified atom stereocenters. The minimum Gasteiger partial charge on any atom is -0.379 e. The number of halogens is 1. The van der Waals surface area contributed by atoms with E-state index in [4.69, 9.17) is 0 Å². The number of anilines is 1. The van der Waals surface area contributed by atoms with Crippen LogP contribution in [0.5, 0.6) is 0 Å². The molecule has 1 heterocycles. The van der Waals surface area contributed by atoms with Gasteiger partial charge in [0.25, 0.3) is 0 Å². The highest BCUT2D eigenvalue weighted by Gasteiger charge is 2.15. The topological polar surface area (TPSA) is 42.7 Å². The van der Waals surface area contributed by atoms with E-state index in [9.17, 15) is 4.39 Å². The highest BCUT2D eigenvalue weighted by Crippen LogP contribution is 2.18. The summed E-state index contributed by atoms with van der Waals surface area (Å²) in [5.41, 5.74) is 2.15. The van der Waals surface area contributed by atoms with E-state index in [0.717, 1.165) is 11.4 Å². The first-order valence-corrected chi connectivity index (χ1v) is 6.28. The SMILES string of the molecule is Cc1c(F)cccc1NCc1cn(C(C)(C)C)nn1. The van der Waals surface area contributed by atoms with Crippen LogP contribution in [0.3, 0.4) is 0 Å². The van der Waals surface area contributed by atoms with Crippen LogP contribution in [-0.2, 0) is 12.1 Å². The molecular weight excluding hydrogens is 243 g/mol. The van der Waals surface area contributed by atoms with Crippen molar-refractivity contribution >= 4 is 5.69 Å². The molecule has 1 aromatic carbocycles. The summed E-state index contributed by atoms with van der Waals surface area (Å²) >= 11 is 0. The van der Waals surface area contributed by atoms with Crippen LogP contribution in [0.15, 0.2) is 24.4 Å². The zero-order chi connectivity index (χ0) is 14.0. The van der Waals surface area contributed by atoms with Gasteiger partial charge in [-0.05, 0) is 39.8 Å². The molecule has 0 radical (unpaired) electrons. The van der Waals surface area contributed by atoms with Gasteiger partial charge in [-0.15, -0.1) is 5.10 Å². The van der Waals surface area contributed by atoms with E-state index in [-0.39, 0.29) is 11.4 Å². The minimum absolute atomic E-state index is 0.0833. The quantitative estimate of drug-likeness (QED) is 0.924. The predicted octanol–water partition coefficient (Wildman–Crippen LogP) is 3.09. The molecule has 102 valence electrons. The normalized spacial score (nSPS) is 11.6. The Kier molecular flexibility index (Phi) is 3.55. The molecule has 0 aliphatic heterocycles. The summed E-state index contributed by atoms with van der Waals surface area (Å²) in [7, 11) is 0. The Morgan fingerprint density at radius 2 is 2.05 bits per heavy atom. The Morgan fingerprint density at radius 1 is 1.32 bits per heavy atom. The lowest BCUT2D eigenvalue weighted by Crippen LogP contribution is -2.22. The molecule has 0 saturated carbocycles. The number of benzene rings is 1. The molecule has 1 aromatic heterocycles. The number of rotatable bonds is 3. The van der Waals surface area contributed by atoms with Gasteiger partial charge in [0.15, 0.2) is 0 Å². The molecule has 0 bridgehead atoms. The van der Waals surface area contributed by atoms with Gasteiger partial charge in [-0.1, -0.05) is 11.3 Å². The zero-order valence-corrected chi connectivity index (χ0v) is 11.7. The third-order valence-electron chi connectivity index (χ3n) is 2.96. The van der Waals surface area contributed by atoms with E-state index in [2.05, 4.69) is 36.4 Å². The molecule has 2 rings (SSSR count). The predicted molar refractivity (Wildman–Crippen MR) is 73.5 cm³/mol. The van der Waals surface area contributed by atoms with Crippen molar-refractivity contribution in [2.24, 2.45) is 0 Å². The van der Waals surface area contributed by atoms with Crippen molar-refractivity contribution in [2.45, 2.75) is 39.8 Å². The maximum Gasteiger partial charge on any atom is 0.128 e. The van der Waals surface area contributed by atoms with Gasteiger partial charge in [-0.2, -0.15) is 0 Å². The third-order valence-corrected chi connectivity index (χ3v) is 2.96. The fourth-order valence-electron chi connectivity index (χ4n) is 1.69. The van der Waals surface area contributed by atoms with Crippen molar-refractivity contribution in [1.82, 2.24) is 15.0 Å². The first-order valence-electron chi connectivity index (χ1n) is 6.28. The van der Waals surface area contributed by atoms with Crippen LogP contribution in [0, 0.1) is 12.7 Å². The molecule has 0 aliphatic rings. The lowest BCUT2D eigenvalue weighted by atomic mass is 10.1. The van der Waals surface area contributed by atoms with Crippen LogP contribution >= 0.6 is 0 Å². The maximum atomic E-state index is 13.4. The van der Waals surface area contributed by atoms with Gasteiger partial charge in [-0.3, -0.25) is 0 Å². The lowest BCUT2D eigenvalue weighted by Gasteiger charge is -2.17. The highest BCUT2D eigenvalue weighted by molar-refractivity contribution is 5.50. The number of aromatic nitrogens is 3. The highest BCUT2D eigenvalue weighted by atomic mass is 19.1. The van der Waals surface area contributed by atoms with Crippen LogP contribution in [-0.4, -0.2) is 15.0 Å². The molecule has 0 fully saturated rings. The molecular formula is C14H19FN4. The van der Waals surface area contributed by atoms with Gasteiger partial charge in [0.2, 0.25) is 0 Å². The van der Waals surface area contributed by atoms with Crippen molar-refractivity contribution < 1.29 is 4.39 Å². The monoisotopic (exact) mass is 262 g/mol. The second-order valence-corrected chi connectivity index (χ2v) is 5.59. The standard InChI is InChI=1S/C14H19FN4/c1-10-12(15)6-5-7-13(10)16-8-11-9-19(18-17-11)14(2,3)4/h5-7,9,16H,8H2,1-4H3. The average molecular weight is 262 g/mol. The van der Waals surface area contributed by atoms with Gasteiger partial charge in [-0.25, -0.2) is 9.07 Å². The molecule has 0 aliphatic carbocycles. The Balaban J connectivity index is 2.07. The smallest absolute Gasteiger partial charge is 0.128 e. The second kappa shape index (κ2) is 4.99. The van der Waals surface area contributed by atoms with Crippen molar-refractivity contribution in [1.29, 1.82) is 0 Å². The van der Waals surface area contributed by atoms with Crippen LogP contribution in [0.1, 0.15) is 32.0 Å². The van der Waals surface area contributed by atoms with Crippen LogP contribution in [0.25, 0.3) is 0 Å². The van der Waals surface area contributed by atoms with E-state index < -0.39 is 0 Å². The molecule has 0 atom stereocenters. The van der Waals surface area contributed by atoms with Gasteiger partial charge in [0.1, 0.15) is 11.5 Å². The summed E-state index contributed by atoms with van der Waals surface area (Å²) in [5.74, 6) is -0.205. The summed E-state index contributed by atoms with van der Waals surface area (Å²) in [4.78, 5) is 0. The first-order chi connectivity index (χ1) is 8.88. The van der Waals surface area contributed by atoms with Crippen LogP contribution in [0.4, 0.5) is 10.1 Å². The van der Waals surface area contributed by atoms with Gasteiger partial charge < -0.3 is 5.32 Å². The number of nitrogens with one attached hydrogen (secondary N) is 1. The largest absolute Gasteiger partial charge is 0.379 e. The van der Waals surface area contributed by atoms with Crippen LogP contribution in [0.2, 0.25) is 0 Å². The van der Waals surface area contributed by atoms with E-state index in [1.165, 1.54) is 6.07 Å². The molecule has 2 aromatic rings. The summed E-state index contributed by atoms with van der Waals surface area (Å²) in [6.07, 6.45) is 1.90. The molecule has 0 spiro atoms. The van der Waals surface area contributed by atoms with Crippen molar-refractivity contribution in [2.75, 3.05) is 5.32 Å². The molecule has 0 amide bonds. The lowest BCUT2D eigenvalue weighted by molar-refractivity contribution is 0.347. The summed E-state index contributed by atoms with van der Waals surface area (Å²) in [6, 6.07) is 5.00. The maximum absolute atomic E-state index is 13.4. The third kappa shape index (κ3) is 3.10. The van der Waals surface area contributed by atoms with Crippen molar-refractivity contribution in [3.05, 3.63) is 41.5 Å². The minimum atomic E-state index is -0.205. The second-order valence-electron chi connectivity index (χ2n) is 5.59. The fraction of sp³-hybridized carbons (Fsp3) is 0.429. The van der Waals surface area contributed by atoms with Gasteiger partial charge in [0.05, 0.1) is 18.3 Å². The molecule has 5 heteroatoms. The van der Waals surface area contributed by atoms with Gasteiger partial charge >= 0.3 is 0 Å². The van der Waals surface area contributed by atoms with Crippen molar-refractivity contribution in [3.8, 4) is 0 Å². The van der Waals surface area contributed by atoms with E-state index in [0.29, 0.717) is 12.1 Å². The molecule has 0 saturated heterocycles. The van der Waals surface area contributed by atoms with Crippen LogP contribution < -0.4 is 5.32 Å². The number of hydrogen-bond acceptors (Lipinski definition) is 3. The molecule has 19 heavy (non-hydrogen) atoms. The summed E-state index contributed by atoms with van der Waals surface area (Å²) in [6.45, 7) is 8.48. The zero-order valence-electron chi connectivity index (χ0n) is 11.7. The van der Waals surface area contributed by atoms with E-state index in [1.807, 2.05) is 16.9 Å². The number of hydrogen-bond donors (Lipinski definition) is 1. The Labute approximate surface area is 112 Å². The Bertz CT molecular complexity index is 569. The molecule has 4 nitrogen and oxygen atoms in total. The van der Waals surface area contributed by atoms with Crippen molar-refractivity contribution in [3.63, 3.8) is 0 Å². The Hall–Kier alpha value is -1.91. The summed E-state index contributed by atoms with van der Waals surface area (Å²) in [5, 5.41) is 11.4. The average Bonchev–Trinajstić information content (AvgIpc) is 2.79. The van der Waals surface area contributed by atoms with Gasteiger partial charge in [0, 0.05) is 11.3 Å². The number of nitrogens with zero attached hydrogens (tertiary/aromatic N) is 3. The van der Waals surface area contributed by atoms with E-state index in [1.54, 1.807) is 13.0 Å². The first kappa shape index (κ1) is 13.5.